The van der Waals surface area contributed by atoms with Crippen LogP contribution in [0.25, 0.3) is 10.9 Å². The van der Waals surface area contributed by atoms with Gasteiger partial charge in [0.15, 0.2) is 0 Å². The highest BCUT2D eigenvalue weighted by molar-refractivity contribution is 6.35. The topological polar surface area (TPSA) is 40.7 Å². The van der Waals surface area contributed by atoms with E-state index in [4.69, 9.17) is 11.6 Å². The second-order valence-electron chi connectivity index (χ2n) is 7.26. The molecule has 3 atom stereocenters. The first kappa shape index (κ1) is 13.6. The first-order chi connectivity index (χ1) is 10.1. The molecule has 2 saturated carbocycles. The van der Waals surface area contributed by atoms with E-state index in [9.17, 15) is 0 Å². The number of fused-ring (bicyclic) bond motifs is 2. The minimum atomic E-state index is 0.621. The largest absolute Gasteiger partial charge is 0.360 e. The van der Waals surface area contributed by atoms with Crippen LogP contribution < -0.4 is 5.32 Å². The number of hydrogen-bond acceptors (Lipinski definition) is 2. The molecule has 2 fully saturated rings. The van der Waals surface area contributed by atoms with Gasteiger partial charge in [-0.05, 0) is 48.6 Å². The summed E-state index contributed by atoms with van der Waals surface area (Å²) in [5.74, 6) is 1.92. The quantitative estimate of drug-likeness (QED) is 0.902. The molecule has 2 aromatic rings. The predicted molar refractivity (Wildman–Crippen MR) is 86.6 cm³/mol. The maximum atomic E-state index is 6.26. The van der Waals surface area contributed by atoms with E-state index in [2.05, 4.69) is 35.3 Å². The zero-order valence-electron chi connectivity index (χ0n) is 12.6. The van der Waals surface area contributed by atoms with Crippen LogP contribution in [0.15, 0.2) is 18.6 Å². The number of pyridine rings is 1. The van der Waals surface area contributed by atoms with Crippen LogP contribution in [0.5, 0.6) is 0 Å². The highest BCUT2D eigenvalue weighted by Gasteiger charge is 2.61. The number of H-pyrrole nitrogens is 1. The number of nitrogens with one attached hydrogen (secondary N) is 2. The second kappa shape index (κ2) is 4.72. The standard InChI is InChI=1S/C17H22ClN3/c1-17(2)12-5-11(6-13(12)17)20-4-3-10-7-21-15-9-19-8-14(18)16(10)15/h7-9,11-13,20-21H,3-6H2,1-2H3/t11-,12+,13-. The summed E-state index contributed by atoms with van der Waals surface area (Å²) in [6, 6.07) is 0.718. The molecule has 21 heavy (non-hydrogen) atoms. The lowest BCUT2D eigenvalue weighted by atomic mass is 9.98. The first-order valence-corrected chi connectivity index (χ1v) is 8.28. The second-order valence-corrected chi connectivity index (χ2v) is 7.67. The molecule has 2 aliphatic carbocycles. The number of rotatable bonds is 4. The van der Waals surface area contributed by atoms with Crippen LogP contribution in [0.3, 0.4) is 0 Å². The van der Waals surface area contributed by atoms with Crippen LogP contribution in [-0.2, 0) is 6.42 Å². The Labute approximate surface area is 130 Å². The number of hydrogen-bond donors (Lipinski definition) is 2. The molecule has 0 bridgehead atoms. The fourth-order valence-corrected chi connectivity index (χ4v) is 4.66. The summed E-state index contributed by atoms with van der Waals surface area (Å²) in [6.45, 7) is 5.86. The van der Waals surface area contributed by atoms with Gasteiger partial charge in [-0.15, -0.1) is 0 Å². The summed E-state index contributed by atoms with van der Waals surface area (Å²) in [5.41, 5.74) is 2.94. The van der Waals surface area contributed by atoms with E-state index < -0.39 is 0 Å². The Bertz CT molecular complexity index is 662. The van der Waals surface area contributed by atoms with Crippen molar-refractivity contribution in [1.82, 2.24) is 15.3 Å². The molecule has 0 spiro atoms. The van der Waals surface area contributed by atoms with Crippen LogP contribution in [0, 0.1) is 17.3 Å². The number of nitrogens with zero attached hydrogens (tertiary/aromatic N) is 1. The van der Waals surface area contributed by atoms with Gasteiger partial charge in [0.1, 0.15) is 0 Å². The van der Waals surface area contributed by atoms with E-state index in [1.54, 1.807) is 6.20 Å². The Balaban J connectivity index is 1.35. The highest BCUT2D eigenvalue weighted by atomic mass is 35.5. The van der Waals surface area contributed by atoms with Crippen LogP contribution in [0.1, 0.15) is 32.3 Å². The minimum absolute atomic E-state index is 0.621. The lowest BCUT2D eigenvalue weighted by Crippen LogP contribution is -2.30. The molecule has 0 saturated heterocycles. The van der Waals surface area contributed by atoms with Crippen LogP contribution in [0.4, 0.5) is 0 Å². The van der Waals surface area contributed by atoms with Gasteiger partial charge in [0.05, 0.1) is 16.7 Å². The van der Waals surface area contributed by atoms with Gasteiger partial charge >= 0.3 is 0 Å². The Kier molecular flexibility index (Phi) is 3.05. The van der Waals surface area contributed by atoms with Crippen molar-refractivity contribution in [1.29, 1.82) is 0 Å². The molecule has 0 unspecified atom stereocenters. The molecule has 2 N–H and O–H groups in total. The fourth-order valence-electron chi connectivity index (χ4n) is 4.39. The lowest BCUT2D eigenvalue weighted by Gasteiger charge is -2.18. The Hall–Kier alpha value is -1.06. The van der Waals surface area contributed by atoms with Gasteiger partial charge in [0.25, 0.3) is 0 Å². The summed E-state index contributed by atoms with van der Waals surface area (Å²) in [5, 5.41) is 5.60. The maximum Gasteiger partial charge on any atom is 0.0685 e. The Morgan fingerprint density at radius 3 is 2.86 bits per heavy atom. The monoisotopic (exact) mass is 303 g/mol. The molecule has 4 rings (SSSR count). The third-order valence-corrected chi connectivity index (χ3v) is 6.10. The molecule has 112 valence electrons. The highest BCUT2D eigenvalue weighted by Crippen LogP contribution is 2.66. The van der Waals surface area contributed by atoms with Crippen molar-refractivity contribution >= 4 is 22.5 Å². The third-order valence-electron chi connectivity index (χ3n) is 5.81. The molecular formula is C17H22ClN3. The minimum Gasteiger partial charge on any atom is -0.360 e. The smallest absolute Gasteiger partial charge is 0.0685 e. The Morgan fingerprint density at radius 1 is 1.33 bits per heavy atom. The SMILES string of the molecule is CC1(C)[C@@H]2C[C@H](NCCc3c[nH]c4cncc(Cl)c34)C[C@@H]21. The number of aromatic nitrogens is 2. The molecule has 3 nitrogen and oxygen atoms in total. The average molecular weight is 304 g/mol. The number of halogens is 1. The van der Waals surface area contributed by atoms with Gasteiger partial charge in [-0.1, -0.05) is 25.4 Å². The molecule has 0 aromatic carbocycles. The molecule has 4 heteroatoms. The zero-order valence-corrected chi connectivity index (χ0v) is 13.4. The fraction of sp³-hybridized carbons (Fsp3) is 0.588. The van der Waals surface area contributed by atoms with E-state index in [1.165, 1.54) is 18.4 Å². The molecule has 2 heterocycles. The van der Waals surface area contributed by atoms with Crippen molar-refractivity contribution in [3.05, 3.63) is 29.2 Å². The van der Waals surface area contributed by atoms with Gasteiger partial charge in [0, 0.05) is 23.8 Å². The van der Waals surface area contributed by atoms with E-state index in [-0.39, 0.29) is 0 Å². The van der Waals surface area contributed by atoms with Crippen molar-refractivity contribution in [2.24, 2.45) is 17.3 Å². The van der Waals surface area contributed by atoms with E-state index in [1.807, 2.05) is 6.20 Å². The number of aromatic amines is 1. The van der Waals surface area contributed by atoms with E-state index >= 15 is 0 Å². The van der Waals surface area contributed by atoms with Crippen LogP contribution in [-0.4, -0.2) is 22.6 Å². The van der Waals surface area contributed by atoms with Crippen LogP contribution in [0.2, 0.25) is 5.02 Å². The van der Waals surface area contributed by atoms with E-state index in [0.717, 1.165) is 46.8 Å². The zero-order chi connectivity index (χ0) is 14.6. The molecule has 2 aliphatic rings. The Morgan fingerprint density at radius 2 is 2.10 bits per heavy atom. The molecule has 0 aliphatic heterocycles. The maximum absolute atomic E-state index is 6.26. The van der Waals surface area contributed by atoms with Gasteiger partial charge < -0.3 is 10.3 Å². The molecule has 0 amide bonds. The summed E-state index contributed by atoms with van der Waals surface area (Å²) < 4.78 is 0. The van der Waals surface area contributed by atoms with Gasteiger partial charge in [-0.2, -0.15) is 0 Å². The molecule has 0 radical (unpaired) electrons. The van der Waals surface area contributed by atoms with Crippen molar-refractivity contribution in [3.8, 4) is 0 Å². The summed E-state index contributed by atoms with van der Waals surface area (Å²) in [7, 11) is 0. The predicted octanol–water partition coefficient (Wildman–Crippen LogP) is 3.78. The summed E-state index contributed by atoms with van der Waals surface area (Å²) in [6.07, 6.45) is 9.35. The van der Waals surface area contributed by atoms with Crippen LogP contribution >= 0.6 is 11.6 Å². The molecule has 2 aromatic heterocycles. The third kappa shape index (κ3) is 2.18. The molecular weight excluding hydrogens is 282 g/mol. The van der Waals surface area contributed by atoms with Crippen molar-refractivity contribution in [3.63, 3.8) is 0 Å². The van der Waals surface area contributed by atoms with Crippen molar-refractivity contribution in [2.75, 3.05) is 6.54 Å². The lowest BCUT2D eigenvalue weighted by molar-refractivity contribution is 0.387. The summed E-state index contributed by atoms with van der Waals surface area (Å²) in [4.78, 5) is 7.37. The normalized spacial score (nSPS) is 29.8. The van der Waals surface area contributed by atoms with Gasteiger partial charge in [0.2, 0.25) is 0 Å². The van der Waals surface area contributed by atoms with Gasteiger partial charge in [-0.3, -0.25) is 4.98 Å². The average Bonchev–Trinajstić information content (AvgIpc) is 2.87. The van der Waals surface area contributed by atoms with E-state index in [0.29, 0.717) is 5.41 Å². The first-order valence-electron chi connectivity index (χ1n) is 7.90. The van der Waals surface area contributed by atoms with Gasteiger partial charge in [-0.25, -0.2) is 0 Å². The summed E-state index contributed by atoms with van der Waals surface area (Å²) >= 11 is 6.26. The van der Waals surface area contributed by atoms with Crippen molar-refractivity contribution in [2.45, 2.75) is 39.2 Å². The van der Waals surface area contributed by atoms with Crippen molar-refractivity contribution < 1.29 is 0 Å².